The second-order valence-electron chi connectivity index (χ2n) is 5.50. The molecule has 0 saturated heterocycles. The van der Waals surface area contributed by atoms with E-state index >= 15 is 0 Å². The molecular formula is C17H22BrN3O. The van der Waals surface area contributed by atoms with E-state index in [0.717, 1.165) is 54.3 Å². The van der Waals surface area contributed by atoms with E-state index < -0.39 is 0 Å². The van der Waals surface area contributed by atoms with Crippen LogP contribution < -0.4 is 5.32 Å². The van der Waals surface area contributed by atoms with Crippen molar-refractivity contribution >= 4 is 21.7 Å². The number of benzene rings is 1. The second-order valence-corrected chi connectivity index (χ2v) is 6.41. The van der Waals surface area contributed by atoms with E-state index in [0.29, 0.717) is 0 Å². The van der Waals surface area contributed by atoms with Crippen molar-refractivity contribution < 1.29 is 4.74 Å². The Bertz CT molecular complexity index is 639. The molecule has 2 aromatic rings. The molecule has 1 aromatic heterocycles. The van der Waals surface area contributed by atoms with Crippen LogP contribution in [-0.2, 0) is 17.6 Å². The Kier molecular flexibility index (Phi) is 5.16. The number of nitrogens with zero attached hydrogens (tertiary/aromatic N) is 2. The van der Waals surface area contributed by atoms with E-state index in [-0.39, 0.29) is 0 Å². The van der Waals surface area contributed by atoms with Crippen LogP contribution in [0.4, 0.5) is 5.82 Å². The summed E-state index contributed by atoms with van der Waals surface area (Å²) in [7, 11) is 0. The molecule has 22 heavy (non-hydrogen) atoms. The van der Waals surface area contributed by atoms with Gasteiger partial charge in [0, 0.05) is 29.6 Å². The minimum atomic E-state index is 0.735. The summed E-state index contributed by atoms with van der Waals surface area (Å²) < 4.78 is 8.63. The van der Waals surface area contributed by atoms with Gasteiger partial charge in [-0.15, -0.1) is 0 Å². The van der Waals surface area contributed by atoms with Crippen molar-refractivity contribution in [1.82, 2.24) is 9.78 Å². The van der Waals surface area contributed by atoms with Gasteiger partial charge in [0.2, 0.25) is 0 Å². The topological polar surface area (TPSA) is 39.1 Å². The Morgan fingerprint density at radius 2 is 2.27 bits per heavy atom. The van der Waals surface area contributed by atoms with Crippen LogP contribution in [0.3, 0.4) is 0 Å². The van der Waals surface area contributed by atoms with E-state index in [1.54, 1.807) is 0 Å². The molecule has 5 heteroatoms. The van der Waals surface area contributed by atoms with Gasteiger partial charge in [0.15, 0.2) is 0 Å². The summed E-state index contributed by atoms with van der Waals surface area (Å²) in [5.41, 5.74) is 3.61. The van der Waals surface area contributed by atoms with Crippen LogP contribution in [0.25, 0.3) is 5.69 Å². The van der Waals surface area contributed by atoms with Gasteiger partial charge in [0.1, 0.15) is 5.82 Å². The zero-order valence-corrected chi connectivity index (χ0v) is 14.5. The van der Waals surface area contributed by atoms with Crippen molar-refractivity contribution in [2.75, 3.05) is 25.1 Å². The zero-order valence-electron chi connectivity index (χ0n) is 12.9. The number of anilines is 1. The van der Waals surface area contributed by atoms with Crippen molar-refractivity contribution in [2.45, 2.75) is 32.6 Å². The third-order valence-corrected chi connectivity index (χ3v) is 4.45. The minimum Gasteiger partial charge on any atom is -0.381 e. The number of aromatic nitrogens is 2. The molecule has 1 aromatic carbocycles. The minimum absolute atomic E-state index is 0.735. The van der Waals surface area contributed by atoms with Gasteiger partial charge < -0.3 is 10.1 Å². The molecule has 2 heterocycles. The predicted molar refractivity (Wildman–Crippen MR) is 92.9 cm³/mol. The summed E-state index contributed by atoms with van der Waals surface area (Å²) in [5, 5.41) is 8.44. The molecule has 0 bridgehead atoms. The van der Waals surface area contributed by atoms with Crippen molar-refractivity contribution in [3.8, 4) is 5.69 Å². The van der Waals surface area contributed by atoms with Gasteiger partial charge in [-0.05, 0) is 44.4 Å². The van der Waals surface area contributed by atoms with E-state index in [2.05, 4.69) is 33.4 Å². The van der Waals surface area contributed by atoms with Gasteiger partial charge in [-0.25, -0.2) is 4.68 Å². The maximum atomic E-state index is 5.52. The smallest absolute Gasteiger partial charge is 0.133 e. The molecule has 0 atom stereocenters. The van der Waals surface area contributed by atoms with Crippen LogP contribution in [0.15, 0.2) is 28.7 Å². The van der Waals surface area contributed by atoms with E-state index in [4.69, 9.17) is 9.84 Å². The van der Waals surface area contributed by atoms with Crippen LogP contribution in [0, 0.1) is 0 Å². The van der Waals surface area contributed by atoms with E-state index in [1.165, 1.54) is 18.4 Å². The zero-order chi connectivity index (χ0) is 15.4. The molecule has 0 amide bonds. The Labute approximate surface area is 140 Å². The first-order chi connectivity index (χ1) is 10.8. The fraction of sp³-hybridized carbons (Fsp3) is 0.471. The number of rotatable bonds is 5. The molecule has 1 aliphatic rings. The largest absolute Gasteiger partial charge is 0.381 e. The number of nitrogens with one attached hydrogen (secondary N) is 1. The molecule has 1 aliphatic heterocycles. The Hall–Kier alpha value is -1.33. The lowest BCUT2D eigenvalue weighted by Gasteiger charge is -2.09. The molecular weight excluding hydrogens is 342 g/mol. The van der Waals surface area contributed by atoms with Gasteiger partial charge in [0.25, 0.3) is 0 Å². The monoisotopic (exact) mass is 363 g/mol. The molecule has 1 N–H and O–H groups in total. The van der Waals surface area contributed by atoms with Crippen LogP contribution in [-0.4, -0.2) is 29.5 Å². The average molecular weight is 364 g/mol. The highest BCUT2D eigenvalue weighted by molar-refractivity contribution is 9.10. The molecule has 118 valence electrons. The van der Waals surface area contributed by atoms with Gasteiger partial charge in [-0.2, -0.15) is 5.10 Å². The van der Waals surface area contributed by atoms with Crippen LogP contribution >= 0.6 is 15.9 Å². The van der Waals surface area contributed by atoms with Gasteiger partial charge in [0.05, 0.1) is 18.0 Å². The maximum absolute atomic E-state index is 5.52. The predicted octanol–water partition coefficient (Wildman–Crippen LogP) is 3.96. The van der Waals surface area contributed by atoms with Crippen LogP contribution in [0.5, 0.6) is 0 Å². The van der Waals surface area contributed by atoms with E-state index in [9.17, 15) is 0 Å². The lowest BCUT2D eigenvalue weighted by Crippen LogP contribution is -2.07. The standard InChI is InChI=1S/C17H22BrN3O/c1-2-22-11-9-16-15-8-3-4-10-19-17(15)21(20-16)14-7-5-6-13(18)12-14/h5-7,12,19H,2-4,8-11H2,1H3. The Morgan fingerprint density at radius 1 is 1.36 bits per heavy atom. The third kappa shape index (κ3) is 3.36. The Balaban J connectivity index is 1.98. The number of ether oxygens (including phenoxy) is 1. The van der Waals surface area contributed by atoms with Crippen molar-refractivity contribution in [3.05, 3.63) is 40.0 Å². The molecule has 3 rings (SSSR count). The number of halogens is 1. The fourth-order valence-corrected chi connectivity index (χ4v) is 3.27. The lowest BCUT2D eigenvalue weighted by molar-refractivity contribution is 0.150. The first-order valence-corrected chi connectivity index (χ1v) is 8.77. The average Bonchev–Trinajstić information content (AvgIpc) is 2.70. The van der Waals surface area contributed by atoms with Crippen molar-refractivity contribution in [2.24, 2.45) is 0 Å². The summed E-state index contributed by atoms with van der Waals surface area (Å²) in [6.07, 6.45) is 4.39. The van der Waals surface area contributed by atoms with Gasteiger partial charge >= 0.3 is 0 Å². The summed E-state index contributed by atoms with van der Waals surface area (Å²) in [5.74, 6) is 1.15. The summed E-state index contributed by atoms with van der Waals surface area (Å²) in [4.78, 5) is 0. The number of hydrogen-bond donors (Lipinski definition) is 1. The first-order valence-electron chi connectivity index (χ1n) is 7.98. The molecule has 4 nitrogen and oxygen atoms in total. The Morgan fingerprint density at radius 3 is 3.09 bits per heavy atom. The highest BCUT2D eigenvalue weighted by atomic mass is 79.9. The normalized spacial score (nSPS) is 14.3. The van der Waals surface area contributed by atoms with Crippen molar-refractivity contribution in [1.29, 1.82) is 0 Å². The maximum Gasteiger partial charge on any atom is 0.133 e. The number of hydrogen-bond acceptors (Lipinski definition) is 3. The number of fused-ring (bicyclic) bond motifs is 1. The quantitative estimate of drug-likeness (QED) is 0.817. The molecule has 0 fully saturated rings. The highest BCUT2D eigenvalue weighted by Crippen LogP contribution is 2.29. The highest BCUT2D eigenvalue weighted by Gasteiger charge is 2.20. The van der Waals surface area contributed by atoms with E-state index in [1.807, 2.05) is 23.7 Å². The van der Waals surface area contributed by atoms with Crippen LogP contribution in [0.1, 0.15) is 31.0 Å². The molecule has 0 saturated carbocycles. The summed E-state index contributed by atoms with van der Waals surface area (Å²) in [6, 6.07) is 8.28. The molecule has 0 unspecified atom stereocenters. The second kappa shape index (κ2) is 7.29. The van der Waals surface area contributed by atoms with Crippen molar-refractivity contribution in [3.63, 3.8) is 0 Å². The first kappa shape index (κ1) is 15.6. The molecule has 0 aliphatic carbocycles. The molecule has 0 spiro atoms. The SMILES string of the molecule is CCOCCc1nn(-c2cccc(Br)c2)c2c1CCCCN2. The lowest BCUT2D eigenvalue weighted by atomic mass is 10.1. The third-order valence-electron chi connectivity index (χ3n) is 3.95. The fourth-order valence-electron chi connectivity index (χ4n) is 2.88. The van der Waals surface area contributed by atoms with Gasteiger partial charge in [-0.3, -0.25) is 0 Å². The van der Waals surface area contributed by atoms with Gasteiger partial charge in [-0.1, -0.05) is 22.0 Å². The summed E-state index contributed by atoms with van der Waals surface area (Å²) >= 11 is 3.55. The summed E-state index contributed by atoms with van der Waals surface area (Å²) in [6.45, 7) is 4.53. The van der Waals surface area contributed by atoms with Crippen LogP contribution in [0.2, 0.25) is 0 Å². The molecule has 0 radical (unpaired) electrons.